The Morgan fingerprint density at radius 1 is 1.20 bits per heavy atom. The molecule has 1 N–H and O–H groups in total. The Bertz CT molecular complexity index is 857. The van der Waals surface area contributed by atoms with Crippen LogP contribution in [-0.2, 0) is 4.79 Å². The topological polar surface area (TPSA) is 81.4 Å². The van der Waals surface area contributed by atoms with E-state index in [4.69, 9.17) is 4.74 Å². The molecule has 2 aromatic carbocycles. The highest BCUT2D eigenvalue weighted by atomic mass is 16.5. The van der Waals surface area contributed by atoms with Gasteiger partial charge in [-0.25, -0.2) is 4.68 Å². The first-order chi connectivity index (χ1) is 12.2. The summed E-state index contributed by atoms with van der Waals surface area (Å²) in [5.74, 6) is 0.407. The van der Waals surface area contributed by atoms with Crippen LogP contribution in [0.1, 0.15) is 11.1 Å². The van der Waals surface area contributed by atoms with Crippen LogP contribution in [0.15, 0.2) is 66.3 Å². The number of rotatable bonds is 6. The zero-order valence-electron chi connectivity index (χ0n) is 13.7. The summed E-state index contributed by atoms with van der Waals surface area (Å²) in [6.45, 7) is 1.92. The Morgan fingerprint density at radius 3 is 2.68 bits per heavy atom. The van der Waals surface area contributed by atoms with E-state index in [9.17, 15) is 4.79 Å². The second-order valence-corrected chi connectivity index (χ2v) is 5.36. The van der Waals surface area contributed by atoms with E-state index < -0.39 is 0 Å². The summed E-state index contributed by atoms with van der Waals surface area (Å²) >= 11 is 0. The summed E-state index contributed by atoms with van der Waals surface area (Å²) in [5, 5.41) is 14.3. The van der Waals surface area contributed by atoms with Crippen LogP contribution >= 0.6 is 0 Å². The fraction of sp³-hybridized carbons (Fsp3) is 0.111. The number of ether oxygens (including phenoxy) is 1. The molecule has 7 nitrogen and oxygen atoms in total. The maximum atomic E-state index is 11.9. The zero-order valence-corrected chi connectivity index (χ0v) is 13.7. The number of hydrogen-bond donors (Lipinski definition) is 1. The Balaban J connectivity index is 1.50. The molecule has 0 unspecified atom stereocenters. The van der Waals surface area contributed by atoms with Gasteiger partial charge in [0.15, 0.2) is 6.61 Å². The SMILES string of the molecule is Cc1cccc(NC(=O)COc2ccc(C=Nn3cnnc3)cc2)c1. The molecule has 0 atom stereocenters. The highest BCUT2D eigenvalue weighted by Crippen LogP contribution is 2.12. The van der Waals surface area contributed by atoms with Crippen molar-refractivity contribution >= 4 is 17.8 Å². The predicted octanol–water partition coefficient (Wildman–Crippen LogP) is 2.49. The number of carbonyl (C=O) groups excluding carboxylic acids is 1. The standard InChI is InChI=1S/C18H17N5O2/c1-14-3-2-4-16(9-14)22-18(24)11-25-17-7-5-15(6-8-17)10-21-23-12-19-20-13-23/h2-10,12-13H,11H2,1H3,(H,22,24). The van der Waals surface area contributed by atoms with Gasteiger partial charge in [-0.2, -0.15) is 5.10 Å². The molecule has 0 radical (unpaired) electrons. The van der Waals surface area contributed by atoms with Crippen molar-refractivity contribution in [3.8, 4) is 5.75 Å². The third-order valence-corrected chi connectivity index (χ3v) is 3.30. The highest BCUT2D eigenvalue weighted by molar-refractivity contribution is 5.91. The lowest BCUT2D eigenvalue weighted by molar-refractivity contribution is -0.118. The fourth-order valence-electron chi connectivity index (χ4n) is 2.11. The number of benzene rings is 2. The number of nitrogens with one attached hydrogen (secondary N) is 1. The van der Waals surface area contributed by atoms with Crippen molar-refractivity contribution in [3.63, 3.8) is 0 Å². The van der Waals surface area contributed by atoms with Gasteiger partial charge < -0.3 is 10.1 Å². The van der Waals surface area contributed by atoms with Crippen molar-refractivity contribution < 1.29 is 9.53 Å². The average Bonchev–Trinajstić information content (AvgIpc) is 3.13. The summed E-state index contributed by atoms with van der Waals surface area (Å²) < 4.78 is 6.99. The Labute approximate surface area is 145 Å². The van der Waals surface area contributed by atoms with Crippen LogP contribution < -0.4 is 10.1 Å². The van der Waals surface area contributed by atoms with Gasteiger partial charge in [-0.3, -0.25) is 4.79 Å². The van der Waals surface area contributed by atoms with Crippen molar-refractivity contribution in [1.29, 1.82) is 0 Å². The number of amides is 1. The molecule has 0 aliphatic rings. The Kier molecular flexibility index (Phi) is 5.16. The van der Waals surface area contributed by atoms with Gasteiger partial charge in [0.1, 0.15) is 18.4 Å². The molecule has 0 aliphatic carbocycles. The van der Waals surface area contributed by atoms with Crippen molar-refractivity contribution in [2.24, 2.45) is 5.10 Å². The number of aryl methyl sites for hydroxylation is 1. The van der Waals surface area contributed by atoms with Gasteiger partial charge in [0, 0.05) is 5.69 Å². The second-order valence-electron chi connectivity index (χ2n) is 5.36. The first-order valence-electron chi connectivity index (χ1n) is 7.67. The fourth-order valence-corrected chi connectivity index (χ4v) is 2.11. The number of anilines is 1. The van der Waals surface area contributed by atoms with Crippen LogP contribution in [0.4, 0.5) is 5.69 Å². The maximum Gasteiger partial charge on any atom is 0.262 e. The normalized spacial score (nSPS) is 10.8. The lowest BCUT2D eigenvalue weighted by Crippen LogP contribution is -2.20. The smallest absolute Gasteiger partial charge is 0.262 e. The van der Waals surface area contributed by atoms with Crippen molar-refractivity contribution in [2.75, 3.05) is 11.9 Å². The summed E-state index contributed by atoms with van der Waals surface area (Å²) in [4.78, 5) is 11.9. The third kappa shape index (κ3) is 5.00. The molecule has 3 rings (SSSR count). The number of aromatic nitrogens is 3. The summed E-state index contributed by atoms with van der Waals surface area (Å²) in [6.07, 6.45) is 4.68. The number of nitrogens with zero attached hydrogens (tertiary/aromatic N) is 4. The van der Waals surface area contributed by atoms with E-state index in [0.29, 0.717) is 5.75 Å². The summed E-state index contributed by atoms with van der Waals surface area (Å²) in [7, 11) is 0. The van der Waals surface area contributed by atoms with E-state index in [1.165, 1.54) is 17.3 Å². The second kappa shape index (κ2) is 7.87. The summed E-state index contributed by atoms with van der Waals surface area (Å²) in [5.41, 5.74) is 2.74. The molecule has 3 aromatic rings. The molecule has 0 saturated heterocycles. The van der Waals surface area contributed by atoms with Gasteiger partial charge in [-0.15, -0.1) is 10.2 Å². The largest absolute Gasteiger partial charge is 0.484 e. The van der Waals surface area contributed by atoms with E-state index in [2.05, 4.69) is 20.6 Å². The molecular weight excluding hydrogens is 318 g/mol. The van der Waals surface area contributed by atoms with Gasteiger partial charge >= 0.3 is 0 Å². The van der Waals surface area contributed by atoms with Crippen LogP contribution in [-0.4, -0.2) is 33.6 Å². The third-order valence-electron chi connectivity index (χ3n) is 3.30. The molecule has 25 heavy (non-hydrogen) atoms. The maximum absolute atomic E-state index is 11.9. The van der Waals surface area contributed by atoms with Gasteiger partial charge in [-0.05, 0) is 54.4 Å². The molecule has 0 bridgehead atoms. The van der Waals surface area contributed by atoms with Gasteiger partial charge in [0.05, 0.1) is 6.21 Å². The van der Waals surface area contributed by atoms with E-state index >= 15 is 0 Å². The van der Waals surface area contributed by atoms with Crippen LogP contribution in [0.5, 0.6) is 5.75 Å². The van der Waals surface area contributed by atoms with Gasteiger partial charge in [0.25, 0.3) is 5.91 Å². The molecule has 1 heterocycles. The van der Waals surface area contributed by atoms with Crippen LogP contribution in [0.25, 0.3) is 0 Å². The first kappa shape index (κ1) is 16.4. The Morgan fingerprint density at radius 2 is 1.96 bits per heavy atom. The van der Waals surface area contributed by atoms with E-state index in [0.717, 1.165) is 16.8 Å². The van der Waals surface area contributed by atoms with Crippen molar-refractivity contribution in [3.05, 3.63) is 72.3 Å². The molecule has 0 spiro atoms. The van der Waals surface area contributed by atoms with Gasteiger partial charge in [0.2, 0.25) is 0 Å². The molecule has 0 fully saturated rings. The number of hydrogen-bond acceptors (Lipinski definition) is 5. The van der Waals surface area contributed by atoms with Crippen LogP contribution in [0.3, 0.4) is 0 Å². The average molecular weight is 335 g/mol. The molecular formula is C18H17N5O2. The minimum Gasteiger partial charge on any atom is -0.484 e. The van der Waals surface area contributed by atoms with E-state index in [1.54, 1.807) is 18.3 Å². The predicted molar refractivity (Wildman–Crippen MR) is 94.8 cm³/mol. The zero-order chi connectivity index (χ0) is 17.5. The molecule has 0 saturated carbocycles. The van der Waals surface area contributed by atoms with Crippen LogP contribution in [0, 0.1) is 6.92 Å². The molecule has 1 aromatic heterocycles. The van der Waals surface area contributed by atoms with E-state index in [1.807, 2.05) is 43.3 Å². The van der Waals surface area contributed by atoms with Crippen LogP contribution in [0.2, 0.25) is 0 Å². The van der Waals surface area contributed by atoms with Crippen molar-refractivity contribution in [1.82, 2.24) is 14.9 Å². The quantitative estimate of drug-likeness (QED) is 0.702. The molecule has 126 valence electrons. The van der Waals surface area contributed by atoms with Crippen molar-refractivity contribution in [2.45, 2.75) is 6.92 Å². The molecule has 0 aliphatic heterocycles. The van der Waals surface area contributed by atoms with E-state index in [-0.39, 0.29) is 12.5 Å². The number of carbonyl (C=O) groups is 1. The summed E-state index contributed by atoms with van der Waals surface area (Å²) in [6, 6.07) is 14.9. The Hall–Kier alpha value is -3.48. The first-order valence-corrected chi connectivity index (χ1v) is 7.67. The monoisotopic (exact) mass is 335 g/mol. The molecule has 1 amide bonds. The van der Waals surface area contributed by atoms with Gasteiger partial charge in [-0.1, -0.05) is 12.1 Å². The lowest BCUT2D eigenvalue weighted by atomic mass is 10.2. The minimum absolute atomic E-state index is 0.0535. The highest BCUT2D eigenvalue weighted by Gasteiger charge is 2.04. The molecule has 7 heteroatoms. The lowest BCUT2D eigenvalue weighted by Gasteiger charge is -2.08. The minimum atomic E-state index is -0.205.